The first-order chi connectivity index (χ1) is 7.19. The number of rotatable bonds is 4. The Morgan fingerprint density at radius 3 is 2.93 bits per heavy atom. The van der Waals surface area contributed by atoms with Gasteiger partial charge >= 0.3 is 5.97 Å². The lowest BCUT2D eigenvalue weighted by molar-refractivity contribution is -0.142. The fourth-order valence-electron chi connectivity index (χ4n) is 1.45. The number of ether oxygens (including phenoxy) is 1. The Morgan fingerprint density at radius 1 is 1.67 bits per heavy atom. The molecule has 0 aliphatic heterocycles. The predicted molar refractivity (Wildman–Crippen MR) is 60.4 cm³/mol. The number of hydrogen-bond donors (Lipinski definition) is 1. The zero-order chi connectivity index (χ0) is 11.3. The van der Waals surface area contributed by atoms with E-state index in [-0.39, 0.29) is 11.9 Å². The van der Waals surface area contributed by atoms with Crippen molar-refractivity contribution < 1.29 is 9.53 Å². The summed E-state index contributed by atoms with van der Waals surface area (Å²) in [5.74, 6) is -0.573. The highest BCUT2D eigenvalue weighted by atomic mass is 16.5. The van der Waals surface area contributed by atoms with Gasteiger partial charge in [-0.05, 0) is 24.1 Å². The first kappa shape index (κ1) is 11.3. The van der Waals surface area contributed by atoms with E-state index in [9.17, 15) is 4.79 Å². The molecule has 0 heterocycles. The van der Waals surface area contributed by atoms with Gasteiger partial charge in [0.25, 0.3) is 0 Å². The van der Waals surface area contributed by atoms with Gasteiger partial charge in [-0.2, -0.15) is 0 Å². The van der Waals surface area contributed by atoms with Crippen molar-refractivity contribution in [2.24, 2.45) is 0 Å². The second-order valence-electron chi connectivity index (χ2n) is 3.27. The largest absolute Gasteiger partial charge is 0.469 e. The highest BCUT2D eigenvalue weighted by Gasteiger charge is 2.19. The van der Waals surface area contributed by atoms with Gasteiger partial charge in [-0.15, -0.1) is 6.58 Å². The normalized spacial score (nSPS) is 11.8. The molecule has 1 aromatic rings. The van der Waals surface area contributed by atoms with Crippen LogP contribution in [-0.4, -0.2) is 13.1 Å². The molecule has 80 valence electrons. The number of anilines is 1. The molecule has 0 spiro atoms. The minimum Gasteiger partial charge on any atom is -0.469 e. The molecule has 0 radical (unpaired) electrons. The molecule has 0 saturated heterocycles. The van der Waals surface area contributed by atoms with E-state index in [1.807, 2.05) is 12.1 Å². The molecule has 1 rings (SSSR count). The third-order valence-electron chi connectivity index (χ3n) is 2.20. The molecule has 0 aliphatic rings. The SMILES string of the molecule is C=CCC(C(=O)OC)c1cccc(N)c1. The van der Waals surface area contributed by atoms with Crippen LogP contribution < -0.4 is 5.73 Å². The van der Waals surface area contributed by atoms with Crippen molar-refractivity contribution >= 4 is 11.7 Å². The van der Waals surface area contributed by atoms with Gasteiger partial charge in [0.2, 0.25) is 0 Å². The van der Waals surface area contributed by atoms with Gasteiger partial charge in [-0.3, -0.25) is 4.79 Å². The molecule has 2 N–H and O–H groups in total. The van der Waals surface area contributed by atoms with Crippen molar-refractivity contribution in [1.82, 2.24) is 0 Å². The van der Waals surface area contributed by atoms with E-state index in [1.165, 1.54) is 7.11 Å². The van der Waals surface area contributed by atoms with Crippen LogP contribution in [0.2, 0.25) is 0 Å². The first-order valence-corrected chi connectivity index (χ1v) is 4.73. The van der Waals surface area contributed by atoms with Crippen LogP contribution in [0.15, 0.2) is 36.9 Å². The maximum absolute atomic E-state index is 11.5. The lowest BCUT2D eigenvalue weighted by Crippen LogP contribution is -2.13. The monoisotopic (exact) mass is 205 g/mol. The molecule has 15 heavy (non-hydrogen) atoms. The first-order valence-electron chi connectivity index (χ1n) is 4.73. The number of nitrogen functional groups attached to an aromatic ring is 1. The number of carbonyl (C=O) groups excluding carboxylic acids is 1. The molecule has 3 heteroatoms. The highest BCUT2D eigenvalue weighted by Crippen LogP contribution is 2.23. The van der Waals surface area contributed by atoms with E-state index < -0.39 is 0 Å². The average molecular weight is 205 g/mol. The van der Waals surface area contributed by atoms with E-state index in [0.717, 1.165) is 5.56 Å². The van der Waals surface area contributed by atoms with Crippen LogP contribution in [0, 0.1) is 0 Å². The topological polar surface area (TPSA) is 52.3 Å². The quantitative estimate of drug-likeness (QED) is 0.465. The average Bonchev–Trinajstić information content (AvgIpc) is 2.25. The fraction of sp³-hybridized carbons (Fsp3) is 0.250. The molecule has 0 fully saturated rings. The number of nitrogens with two attached hydrogens (primary N) is 1. The van der Waals surface area contributed by atoms with Gasteiger partial charge in [0.1, 0.15) is 0 Å². The maximum Gasteiger partial charge on any atom is 0.313 e. The molecular formula is C12H15NO2. The number of benzene rings is 1. The minimum absolute atomic E-state index is 0.263. The highest BCUT2D eigenvalue weighted by molar-refractivity contribution is 5.78. The summed E-state index contributed by atoms with van der Waals surface area (Å²) in [5, 5.41) is 0. The maximum atomic E-state index is 11.5. The van der Waals surface area contributed by atoms with E-state index in [0.29, 0.717) is 12.1 Å². The zero-order valence-electron chi connectivity index (χ0n) is 8.77. The molecule has 0 aromatic heterocycles. The minimum atomic E-state index is -0.309. The molecule has 0 amide bonds. The van der Waals surface area contributed by atoms with Crippen molar-refractivity contribution in [3.63, 3.8) is 0 Å². The summed E-state index contributed by atoms with van der Waals surface area (Å²) in [6.45, 7) is 3.63. The summed E-state index contributed by atoms with van der Waals surface area (Å²) < 4.78 is 4.73. The third-order valence-corrected chi connectivity index (χ3v) is 2.20. The Balaban J connectivity index is 2.98. The molecule has 0 saturated carbocycles. The molecule has 1 atom stereocenters. The summed E-state index contributed by atoms with van der Waals surface area (Å²) in [5.41, 5.74) is 7.16. The summed E-state index contributed by atoms with van der Waals surface area (Å²) in [6, 6.07) is 7.25. The van der Waals surface area contributed by atoms with Crippen molar-refractivity contribution in [3.05, 3.63) is 42.5 Å². The van der Waals surface area contributed by atoms with Crippen LogP contribution in [0.5, 0.6) is 0 Å². The Kier molecular flexibility index (Phi) is 3.92. The summed E-state index contributed by atoms with van der Waals surface area (Å²) in [4.78, 5) is 11.5. The van der Waals surface area contributed by atoms with Gasteiger partial charge in [0, 0.05) is 5.69 Å². The number of allylic oxidation sites excluding steroid dienone is 1. The van der Waals surface area contributed by atoms with Gasteiger partial charge in [0.05, 0.1) is 13.0 Å². The molecule has 1 unspecified atom stereocenters. The van der Waals surface area contributed by atoms with Crippen molar-refractivity contribution in [2.75, 3.05) is 12.8 Å². The Hall–Kier alpha value is -1.77. The lowest BCUT2D eigenvalue weighted by Gasteiger charge is -2.13. The van der Waals surface area contributed by atoms with Crippen molar-refractivity contribution in [2.45, 2.75) is 12.3 Å². The van der Waals surface area contributed by atoms with E-state index in [4.69, 9.17) is 10.5 Å². The summed E-state index contributed by atoms with van der Waals surface area (Å²) in [7, 11) is 1.38. The van der Waals surface area contributed by atoms with Crippen LogP contribution >= 0.6 is 0 Å². The van der Waals surface area contributed by atoms with Crippen LogP contribution in [-0.2, 0) is 9.53 Å². The van der Waals surface area contributed by atoms with E-state index in [1.54, 1.807) is 18.2 Å². The summed E-state index contributed by atoms with van der Waals surface area (Å²) >= 11 is 0. The van der Waals surface area contributed by atoms with Gasteiger partial charge in [0.15, 0.2) is 0 Å². The van der Waals surface area contributed by atoms with Crippen molar-refractivity contribution in [3.8, 4) is 0 Å². The Morgan fingerprint density at radius 2 is 2.40 bits per heavy atom. The molecule has 0 bridgehead atoms. The molecule has 0 aliphatic carbocycles. The second kappa shape index (κ2) is 5.20. The predicted octanol–water partition coefficient (Wildman–Crippen LogP) is 2.10. The van der Waals surface area contributed by atoms with Gasteiger partial charge in [-0.25, -0.2) is 0 Å². The van der Waals surface area contributed by atoms with E-state index >= 15 is 0 Å². The number of carbonyl (C=O) groups is 1. The van der Waals surface area contributed by atoms with Crippen LogP contribution in [0.4, 0.5) is 5.69 Å². The second-order valence-corrected chi connectivity index (χ2v) is 3.27. The molecular weight excluding hydrogens is 190 g/mol. The molecule has 3 nitrogen and oxygen atoms in total. The number of hydrogen-bond acceptors (Lipinski definition) is 3. The smallest absolute Gasteiger partial charge is 0.313 e. The summed E-state index contributed by atoms with van der Waals surface area (Å²) in [6.07, 6.45) is 2.25. The Bertz CT molecular complexity index is 360. The Labute approximate surface area is 89.5 Å². The van der Waals surface area contributed by atoms with E-state index in [2.05, 4.69) is 6.58 Å². The third kappa shape index (κ3) is 2.84. The van der Waals surface area contributed by atoms with Crippen LogP contribution in [0.25, 0.3) is 0 Å². The standard InChI is InChI=1S/C12H15NO2/c1-3-5-11(12(14)15-2)9-6-4-7-10(13)8-9/h3-4,6-8,11H,1,5,13H2,2H3. The number of methoxy groups -OCH3 is 1. The van der Waals surface area contributed by atoms with Gasteiger partial charge in [-0.1, -0.05) is 18.2 Å². The van der Waals surface area contributed by atoms with Crippen LogP contribution in [0.1, 0.15) is 17.9 Å². The lowest BCUT2D eigenvalue weighted by atomic mass is 9.95. The fourth-order valence-corrected chi connectivity index (χ4v) is 1.45. The van der Waals surface area contributed by atoms with Gasteiger partial charge < -0.3 is 10.5 Å². The van der Waals surface area contributed by atoms with Crippen molar-refractivity contribution in [1.29, 1.82) is 0 Å². The zero-order valence-corrected chi connectivity index (χ0v) is 8.77. The number of esters is 1. The molecule has 1 aromatic carbocycles. The van der Waals surface area contributed by atoms with Crippen LogP contribution in [0.3, 0.4) is 0 Å².